The quantitative estimate of drug-likeness (QED) is 0.791. The molecule has 1 unspecified atom stereocenters. The zero-order chi connectivity index (χ0) is 12.5. The van der Waals surface area contributed by atoms with E-state index >= 15 is 0 Å². The zero-order valence-corrected chi connectivity index (χ0v) is 10.6. The first-order chi connectivity index (χ1) is 8.27. The first kappa shape index (κ1) is 13.8. The monoisotopic (exact) mass is 232 g/mol. The Bertz CT molecular complexity index is 387. The average molecular weight is 232 g/mol. The predicted octanol–water partition coefficient (Wildman–Crippen LogP) is 2.74. The minimum Gasteiger partial charge on any atom is -0.384 e. The molecule has 0 radical (unpaired) electrons. The molecule has 0 aromatic heterocycles. The highest BCUT2D eigenvalue weighted by atomic mass is 16.5. The second-order valence-electron chi connectivity index (χ2n) is 4.03. The molecule has 0 bridgehead atoms. The molecule has 1 N–H and O–H groups in total. The average Bonchev–Trinajstić information content (AvgIpc) is 2.35. The van der Waals surface area contributed by atoms with Gasteiger partial charge in [-0.1, -0.05) is 43.4 Å². The van der Waals surface area contributed by atoms with E-state index in [1.807, 2.05) is 24.3 Å². The standard InChI is InChI=1S/C15H20O2/c1-3-7-13(2)17-12-15-9-5-4-8-14(15)10-6-11-16/h4-5,8-9,13,16H,3,7,11-12H2,1-2H3. The van der Waals surface area contributed by atoms with Gasteiger partial charge in [0.2, 0.25) is 0 Å². The van der Waals surface area contributed by atoms with Gasteiger partial charge in [0.25, 0.3) is 0 Å². The summed E-state index contributed by atoms with van der Waals surface area (Å²) in [6.07, 6.45) is 2.48. The van der Waals surface area contributed by atoms with Crippen LogP contribution < -0.4 is 0 Å². The first-order valence-corrected chi connectivity index (χ1v) is 6.07. The summed E-state index contributed by atoms with van der Waals surface area (Å²) in [5.74, 6) is 5.61. The van der Waals surface area contributed by atoms with E-state index in [1.165, 1.54) is 0 Å². The molecule has 0 aliphatic rings. The molecule has 0 heterocycles. The largest absolute Gasteiger partial charge is 0.384 e. The molecule has 17 heavy (non-hydrogen) atoms. The third-order valence-electron chi connectivity index (χ3n) is 2.54. The van der Waals surface area contributed by atoms with E-state index in [0.29, 0.717) is 6.61 Å². The van der Waals surface area contributed by atoms with E-state index in [0.717, 1.165) is 24.0 Å². The van der Waals surface area contributed by atoms with E-state index in [-0.39, 0.29) is 12.7 Å². The van der Waals surface area contributed by atoms with Gasteiger partial charge in [-0.15, -0.1) is 0 Å². The lowest BCUT2D eigenvalue weighted by Gasteiger charge is -2.12. The zero-order valence-electron chi connectivity index (χ0n) is 10.6. The summed E-state index contributed by atoms with van der Waals surface area (Å²) in [6, 6.07) is 7.89. The maximum atomic E-state index is 8.70. The number of rotatable bonds is 5. The van der Waals surface area contributed by atoms with Crippen LogP contribution in [0.2, 0.25) is 0 Å². The van der Waals surface area contributed by atoms with Crippen LogP contribution in [0.3, 0.4) is 0 Å². The summed E-state index contributed by atoms with van der Waals surface area (Å²) in [5.41, 5.74) is 2.02. The molecule has 2 nitrogen and oxygen atoms in total. The Balaban J connectivity index is 2.63. The van der Waals surface area contributed by atoms with Crippen molar-refractivity contribution in [3.63, 3.8) is 0 Å². The van der Waals surface area contributed by atoms with Gasteiger partial charge in [-0.3, -0.25) is 0 Å². The van der Waals surface area contributed by atoms with E-state index in [9.17, 15) is 0 Å². The Morgan fingerprint density at radius 3 is 2.82 bits per heavy atom. The van der Waals surface area contributed by atoms with Crippen molar-refractivity contribution in [3.05, 3.63) is 35.4 Å². The van der Waals surface area contributed by atoms with Crippen molar-refractivity contribution in [1.29, 1.82) is 0 Å². The van der Waals surface area contributed by atoms with Crippen molar-refractivity contribution in [1.82, 2.24) is 0 Å². The maximum Gasteiger partial charge on any atom is 0.104 e. The second-order valence-corrected chi connectivity index (χ2v) is 4.03. The number of benzene rings is 1. The molecule has 1 atom stereocenters. The fraction of sp³-hybridized carbons (Fsp3) is 0.467. The lowest BCUT2D eigenvalue weighted by Crippen LogP contribution is -2.08. The van der Waals surface area contributed by atoms with E-state index in [1.54, 1.807) is 0 Å². The van der Waals surface area contributed by atoms with Crippen LogP contribution in [0.4, 0.5) is 0 Å². The normalized spacial score (nSPS) is 11.7. The molecule has 1 aromatic rings. The number of hydrogen-bond donors (Lipinski definition) is 1. The van der Waals surface area contributed by atoms with Gasteiger partial charge >= 0.3 is 0 Å². The molecule has 2 heteroatoms. The van der Waals surface area contributed by atoms with Crippen molar-refractivity contribution < 1.29 is 9.84 Å². The number of aliphatic hydroxyl groups is 1. The minimum absolute atomic E-state index is 0.110. The van der Waals surface area contributed by atoms with Crippen LogP contribution in [-0.2, 0) is 11.3 Å². The molecule has 0 aliphatic heterocycles. The SMILES string of the molecule is CCCC(C)OCc1ccccc1C#CCO. The Labute approximate surface area is 104 Å². The molecular weight excluding hydrogens is 212 g/mol. The van der Waals surface area contributed by atoms with E-state index in [4.69, 9.17) is 9.84 Å². The highest BCUT2D eigenvalue weighted by Gasteiger charge is 2.03. The smallest absolute Gasteiger partial charge is 0.104 e. The molecule has 1 rings (SSSR count). The number of hydrogen-bond acceptors (Lipinski definition) is 2. The fourth-order valence-electron chi connectivity index (χ4n) is 1.62. The Morgan fingerprint density at radius 2 is 2.12 bits per heavy atom. The van der Waals surface area contributed by atoms with Crippen LogP contribution >= 0.6 is 0 Å². The topological polar surface area (TPSA) is 29.5 Å². The second kappa shape index (κ2) is 7.89. The Kier molecular flexibility index (Phi) is 6.39. The van der Waals surface area contributed by atoms with Gasteiger partial charge in [0.15, 0.2) is 0 Å². The molecule has 92 valence electrons. The van der Waals surface area contributed by atoms with Crippen molar-refractivity contribution in [2.24, 2.45) is 0 Å². The maximum absolute atomic E-state index is 8.70. The Hall–Kier alpha value is -1.30. The Morgan fingerprint density at radius 1 is 1.35 bits per heavy atom. The van der Waals surface area contributed by atoms with Gasteiger partial charge < -0.3 is 9.84 Å². The van der Waals surface area contributed by atoms with Crippen molar-refractivity contribution >= 4 is 0 Å². The van der Waals surface area contributed by atoms with Gasteiger partial charge in [0.05, 0.1) is 12.7 Å². The van der Waals surface area contributed by atoms with Crippen LogP contribution in [0.5, 0.6) is 0 Å². The van der Waals surface area contributed by atoms with Crippen LogP contribution in [-0.4, -0.2) is 17.8 Å². The van der Waals surface area contributed by atoms with Crippen molar-refractivity contribution in [3.8, 4) is 11.8 Å². The molecular formula is C15H20O2. The molecule has 0 spiro atoms. The molecule has 0 amide bonds. The van der Waals surface area contributed by atoms with E-state index in [2.05, 4.69) is 25.7 Å². The van der Waals surface area contributed by atoms with Crippen molar-refractivity contribution in [2.75, 3.05) is 6.61 Å². The summed E-state index contributed by atoms with van der Waals surface area (Å²) in [4.78, 5) is 0. The van der Waals surface area contributed by atoms with Crippen LogP contribution in [0.15, 0.2) is 24.3 Å². The third kappa shape index (κ3) is 5.04. The summed E-state index contributed by atoms with van der Waals surface area (Å²) in [6.45, 7) is 4.71. The van der Waals surface area contributed by atoms with Crippen LogP contribution in [0.25, 0.3) is 0 Å². The summed E-state index contributed by atoms with van der Waals surface area (Å²) < 4.78 is 5.76. The van der Waals surface area contributed by atoms with Gasteiger partial charge in [-0.05, 0) is 25.0 Å². The van der Waals surface area contributed by atoms with Gasteiger partial charge in [-0.2, -0.15) is 0 Å². The molecule has 0 aliphatic carbocycles. The minimum atomic E-state index is -0.110. The predicted molar refractivity (Wildman–Crippen MR) is 69.6 cm³/mol. The molecule has 1 aromatic carbocycles. The van der Waals surface area contributed by atoms with Gasteiger partial charge in [-0.25, -0.2) is 0 Å². The first-order valence-electron chi connectivity index (χ1n) is 6.07. The summed E-state index contributed by atoms with van der Waals surface area (Å²) >= 11 is 0. The number of aliphatic hydroxyl groups excluding tert-OH is 1. The number of ether oxygens (including phenoxy) is 1. The highest BCUT2D eigenvalue weighted by molar-refractivity contribution is 5.40. The lowest BCUT2D eigenvalue weighted by atomic mass is 10.1. The van der Waals surface area contributed by atoms with Gasteiger partial charge in [0.1, 0.15) is 6.61 Å². The van der Waals surface area contributed by atoms with Crippen LogP contribution in [0.1, 0.15) is 37.8 Å². The van der Waals surface area contributed by atoms with Crippen LogP contribution in [0, 0.1) is 11.8 Å². The molecule has 0 saturated carbocycles. The summed E-state index contributed by atoms with van der Waals surface area (Å²) in [5, 5.41) is 8.70. The van der Waals surface area contributed by atoms with Gasteiger partial charge in [0, 0.05) is 5.56 Å². The third-order valence-corrected chi connectivity index (χ3v) is 2.54. The summed E-state index contributed by atoms with van der Waals surface area (Å²) in [7, 11) is 0. The fourth-order valence-corrected chi connectivity index (χ4v) is 1.62. The molecule has 0 fully saturated rings. The lowest BCUT2D eigenvalue weighted by molar-refractivity contribution is 0.0471. The van der Waals surface area contributed by atoms with Crippen molar-refractivity contribution in [2.45, 2.75) is 39.4 Å². The molecule has 0 saturated heterocycles. The van der Waals surface area contributed by atoms with E-state index < -0.39 is 0 Å². The highest BCUT2D eigenvalue weighted by Crippen LogP contribution is 2.11.